The number of carbonyl (C=O) groups is 2. The number of carbonyl (C=O) groups excluding carboxylic acids is 2. The lowest BCUT2D eigenvalue weighted by molar-refractivity contribution is -0.132. The van der Waals surface area contributed by atoms with Crippen molar-refractivity contribution in [3.05, 3.63) is 84.4 Å². The van der Waals surface area contributed by atoms with Crippen molar-refractivity contribution in [2.24, 2.45) is 5.92 Å². The van der Waals surface area contributed by atoms with E-state index in [4.69, 9.17) is 12.2 Å². The number of nitrogens with one attached hydrogen (secondary N) is 2. The van der Waals surface area contributed by atoms with E-state index in [2.05, 4.69) is 29.4 Å². The Hall–Kier alpha value is -3.71. The number of amides is 2. The van der Waals surface area contributed by atoms with E-state index in [0.717, 1.165) is 48.7 Å². The topological polar surface area (TPSA) is 64.7 Å². The molecule has 1 aliphatic rings. The fourth-order valence-corrected chi connectivity index (χ4v) is 4.44. The van der Waals surface area contributed by atoms with Gasteiger partial charge in [-0.05, 0) is 65.7 Å². The maximum Gasteiger partial charge on any atom is 0.257 e. The van der Waals surface area contributed by atoms with Crippen molar-refractivity contribution < 1.29 is 9.59 Å². The molecular formula is C29H32N4O2S. The predicted molar refractivity (Wildman–Crippen MR) is 150 cm³/mol. The summed E-state index contributed by atoms with van der Waals surface area (Å²) >= 11 is 5.35. The van der Waals surface area contributed by atoms with Gasteiger partial charge in [0, 0.05) is 49.5 Å². The molecule has 0 aromatic heterocycles. The van der Waals surface area contributed by atoms with Gasteiger partial charge in [0.05, 0.1) is 0 Å². The molecule has 1 heterocycles. The Labute approximate surface area is 218 Å². The van der Waals surface area contributed by atoms with Crippen molar-refractivity contribution in [1.82, 2.24) is 10.2 Å². The van der Waals surface area contributed by atoms with E-state index >= 15 is 0 Å². The van der Waals surface area contributed by atoms with Crippen LogP contribution >= 0.6 is 12.2 Å². The maximum atomic E-state index is 12.6. The zero-order chi connectivity index (χ0) is 25.5. The Bertz CT molecular complexity index is 1190. The van der Waals surface area contributed by atoms with E-state index < -0.39 is 0 Å². The van der Waals surface area contributed by atoms with Gasteiger partial charge in [-0.15, -0.1) is 0 Å². The van der Waals surface area contributed by atoms with Crippen LogP contribution in [0.1, 0.15) is 30.6 Å². The maximum absolute atomic E-state index is 12.6. The Morgan fingerprint density at radius 3 is 2.06 bits per heavy atom. The first kappa shape index (κ1) is 25.4. The molecule has 0 radical (unpaired) electrons. The molecule has 2 amide bonds. The van der Waals surface area contributed by atoms with Gasteiger partial charge in [0.1, 0.15) is 0 Å². The average molecular weight is 501 g/mol. The molecule has 1 aliphatic heterocycles. The molecule has 1 fully saturated rings. The van der Waals surface area contributed by atoms with Crippen LogP contribution < -0.4 is 15.5 Å². The molecule has 186 valence electrons. The summed E-state index contributed by atoms with van der Waals surface area (Å²) in [5.41, 5.74) is 4.60. The normalized spacial score (nSPS) is 13.4. The SMILES string of the molecule is CC(C)CC(=O)N1CCN(c2ccc(NC(=S)NC(=O)c3ccc(-c4ccccc4)cc3)cc2)CC1. The molecule has 2 N–H and O–H groups in total. The van der Waals surface area contributed by atoms with Crippen LogP contribution in [-0.4, -0.2) is 48.0 Å². The van der Waals surface area contributed by atoms with Crippen molar-refractivity contribution in [2.45, 2.75) is 20.3 Å². The van der Waals surface area contributed by atoms with Gasteiger partial charge >= 0.3 is 0 Å². The summed E-state index contributed by atoms with van der Waals surface area (Å²) in [7, 11) is 0. The summed E-state index contributed by atoms with van der Waals surface area (Å²) in [5.74, 6) is 0.368. The van der Waals surface area contributed by atoms with E-state index in [9.17, 15) is 9.59 Å². The van der Waals surface area contributed by atoms with Crippen molar-refractivity contribution in [3.63, 3.8) is 0 Å². The minimum atomic E-state index is -0.256. The highest BCUT2D eigenvalue weighted by Gasteiger charge is 2.21. The van der Waals surface area contributed by atoms with Gasteiger partial charge in [-0.25, -0.2) is 0 Å². The molecule has 7 heteroatoms. The first-order chi connectivity index (χ1) is 17.4. The van der Waals surface area contributed by atoms with Gasteiger partial charge in [-0.1, -0.05) is 56.3 Å². The molecular weight excluding hydrogens is 468 g/mol. The smallest absolute Gasteiger partial charge is 0.257 e. The van der Waals surface area contributed by atoms with Crippen LogP contribution in [0.4, 0.5) is 11.4 Å². The molecule has 1 saturated heterocycles. The third-order valence-electron chi connectivity index (χ3n) is 6.19. The second-order valence-electron chi connectivity index (χ2n) is 9.36. The van der Waals surface area contributed by atoms with Crippen molar-refractivity contribution >= 4 is 40.5 Å². The van der Waals surface area contributed by atoms with E-state index in [-0.39, 0.29) is 16.9 Å². The number of piperazine rings is 1. The van der Waals surface area contributed by atoms with E-state index in [1.54, 1.807) is 12.1 Å². The number of hydrogen-bond acceptors (Lipinski definition) is 4. The molecule has 0 unspecified atom stereocenters. The highest BCUT2D eigenvalue weighted by molar-refractivity contribution is 7.80. The van der Waals surface area contributed by atoms with Gasteiger partial charge in [-0.3, -0.25) is 14.9 Å². The predicted octanol–water partition coefficient (Wildman–Crippen LogP) is 5.18. The van der Waals surface area contributed by atoms with Gasteiger partial charge in [-0.2, -0.15) is 0 Å². The molecule has 0 atom stereocenters. The molecule has 3 aromatic rings. The second kappa shape index (κ2) is 11.8. The third kappa shape index (κ3) is 6.70. The largest absolute Gasteiger partial charge is 0.368 e. The quantitative estimate of drug-likeness (QED) is 0.457. The van der Waals surface area contributed by atoms with E-state index in [1.165, 1.54) is 0 Å². The van der Waals surface area contributed by atoms with Crippen molar-refractivity contribution in [2.75, 3.05) is 36.4 Å². The van der Waals surface area contributed by atoms with Crippen LogP contribution in [0.5, 0.6) is 0 Å². The van der Waals surface area contributed by atoms with Crippen LogP contribution in [0.15, 0.2) is 78.9 Å². The first-order valence-electron chi connectivity index (χ1n) is 12.3. The summed E-state index contributed by atoms with van der Waals surface area (Å²) in [6.45, 7) is 7.26. The van der Waals surface area contributed by atoms with Crippen LogP contribution in [0.2, 0.25) is 0 Å². The lowest BCUT2D eigenvalue weighted by Gasteiger charge is -2.36. The summed E-state index contributed by atoms with van der Waals surface area (Å²) in [6.07, 6.45) is 0.607. The summed E-state index contributed by atoms with van der Waals surface area (Å²) in [4.78, 5) is 29.2. The minimum Gasteiger partial charge on any atom is -0.368 e. The summed E-state index contributed by atoms with van der Waals surface area (Å²) < 4.78 is 0. The van der Waals surface area contributed by atoms with E-state index in [1.807, 2.05) is 71.6 Å². The lowest BCUT2D eigenvalue weighted by atomic mass is 10.0. The zero-order valence-electron chi connectivity index (χ0n) is 20.7. The molecule has 0 saturated carbocycles. The molecule has 36 heavy (non-hydrogen) atoms. The number of thiocarbonyl (C=S) groups is 1. The van der Waals surface area contributed by atoms with Crippen LogP contribution in [0.25, 0.3) is 11.1 Å². The van der Waals surface area contributed by atoms with Crippen LogP contribution in [0.3, 0.4) is 0 Å². The number of nitrogens with zero attached hydrogens (tertiary/aromatic N) is 2. The van der Waals surface area contributed by atoms with Gasteiger partial charge in [0.2, 0.25) is 5.91 Å². The molecule has 3 aromatic carbocycles. The third-order valence-corrected chi connectivity index (χ3v) is 6.39. The molecule has 0 spiro atoms. The second-order valence-corrected chi connectivity index (χ2v) is 9.77. The Morgan fingerprint density at radius 1 is 0.833 bits per heavy atom. The van der Waals surface area contributed by atoms with E-state index in [0.29, 0.717) is 17.9 Å². The fraction of sp³-hybridized carbons (Fsp3) is 0.276. The minimum absolute atomic E-state index is 0.242. The molecule has 0 aliphatic carbocycles. The summed E-state index contributed by atoms with van der Waals surface area (Å²) in [6, 6.07) is 25.4. The highest BCUT2D eigenvalue weighted by Crippen LogP contribution is 2.21. The van der Waals surface area contributed by atoms with Gasteiger partial charge in [0.15, 0.2) is 5.11 Å². The number of benzene rings is 3. The molecule has 4 rings (SSSR count). The molecule has 6 nitrogen and oxygen atoms in total. The Morgan fingerprint density at radius 2 is 1.44 bits per heavy atom. The Kier molecular flexibility index (Phi) is 8.33. The zero-order valence-corrected chi connectivity index (χ0v) is 21.6. The van der Waals surface area contributed by atoms with Crippen molar-refractivity contribution in [1.29, 1.82) is 0 Å². The first-order valence-corrected chi connectivity index (χ1v) is 12.7. The van der Waals surface area contributed by atoms with Crippen molar-refractivity contribution in [3.8, 4) is 11.1 Å². The fourth-order valence-electron chi connectivity index (χ4n) is 4.23. The number of anilines is 2. The standard InChI is InChI=1S/C29H32N4O2S/c1-21(2)20-27(34)33-18-16-32(17-19-33)26-14-12-25(13-15-26)30-29(36)31-28(35)24-10-8-23(9-11-24)22-6-4-3-5-7-22/h3-15,21H,16-20H2,1-2H3,(H2,30,31,35,36). The lowest BCUT2D eigenvalue weighted by Crippen LogP contribution is -2.49. The number of rotatable bonds is 6. The summed E-state index contributed by atoms with van der Waals surface area (Å²) in [5, 5.41) is 6.07. The highest BCUT2D eigenvalue weighted by atomic mass is 32.1. The van der Waals surface area contributed by atoms with Crippen LogP contribution in [0, 0.1) is 5.92 Å². The van der Waals surface area contributed by atoms with Gasteiger partial charge < -0.3 is 15.1 Å². The van der Waals surface area contributed by atoms with Crippen LogP contribution in [-0.2, 0) is 4.79 Å². The van der Waals surface area contributed by atoms with Gasteiger partial charge in [0.25, 0.3) is 5.91 Å². The number of hydrogen-bond donors (Lipinski definition) is 2. The monoisotopic (exact) mass is 500 g/mol. The molecule has 0 bridgehead atoms. The average Bonchev–Trinajstić information content (AvgIpc) is 2.89. The Balaban J connectivity index is 1.26.